The van der Waals surface area contributed by atoms with Crippen molar-refractivity contribution in [3.05, 3.63) is 29.3 Å². The molecule has 1 saturated carbocycles. The van der Waals surface area contributed by atoms with Gasteiger partial charge in [-0.05, 0) is 31.7 Å². The molecule has 3 rings (SSSR count). The predicted octanol–water partition coefficient (Wildman–Crippen LogP) is 2.09. The average Bonchev–Trinajstić information content (AvgIpc) is 3.24. The number of aromatic nitrogens is 4. The van der Waals surface area contributed by atoms with Gasteiger partial charge in [0.05, 0.1) is 6.20 Å². The molecule has 0 saturated heterocycles. The van der Waals surface area contributed by atoms with Gasteiger partial charge in [0.1, 0.15) is 17.5 Å². The Bertz CT molecular complexity index is 629. The monoisotopic (exact) mass is 286 g/mol. The van der Waals surface area contributed by atoms with Crippen molar-refractivity contribution in [3.63, 3.8) is 0 Å². The topological polar surface area (TPSA) is 67.7 Å². The normalized spacial score (nSPS) is 14.2. The summed E-state index contributed by atoms with van der Waals surface area (Å²) in [6.45, 7) is 2.89. The number of nitrogens with zero attached hydrogens (tertiary/aromatic N) is 4. The summed E-state index contributed by atoms with van der Waals surface area (Å²) < 4.78 is 1.83. The molecule has 1 fully saturated rings. The second kappa shape index (κ2) is 5.71. The molecule has 0 aromatic carbocycles. The van der Waals surface area contributed by atoms with Crippen molar-refractivity contribution >= 4 is 11.6 Å². The van der Waals surface area contributed by atoms with Crippen LogP contribution in [0.3, 0.4) is 0 Å². The van der Waals surface area contributed by atoms with E-state index in [1.165, 1.54) is 18.4 Å². The summed E-state index contributed by atoms with van der Waals surface area (Å²) in [7, 11) is 3.85. The van der Waals surface area contributed by atoms with E-state index < -0.39 is 0 Å². The first-order valence-corrected chi connectivity index (χ1v) is 7.45. The SMILES string of the molecule is CNc1nc(C2CC2)nc(NCCc2cnn(C)c2)c1C. The van der Waals surface area contributed by atoms with E-state index in [-0.39, 0.29) is 0 Å². The highest BCUT2D eigenvalue weighted by Gasteiger charge is 2.28. The number of anilines is 2. The van der Waals surface area contributed by atoms with Gasteiger partial charge in [-0.1, -0.05) is 0 Å². The fraction of sp³-hybridized carbons (Fsp3) is 0.533. The van der Waals surface area contributed by atoms with E-state index in [0.29, 0.717) is 5.92 Å². The number of nitrogens with one attached hydrogen (secondary N) is 2. The third kappa shape index (κ3) is 3.15. The van der Waals surface area contributed by atoms with Crippen LogP contribution < -0.4 is 10.6 Å². The van der Waals surface area contributed by atoms with Crippen LogP contribution in [0.5, 0.6) is 0 Å². The Balaban J connectivity index is 1.70. The summed E-state index contributed by atoms with van der Waals surface area (Å²) in [6, 6.07) is 0. The lowest BCUT2D eigenvalue weighted by Crippen LogP contribution is -2.11. The molecule has 112 valence electrons. The fourth-order valence-corrected chi connectivity index (χ4v) is 2.40. The quantitative estimate of drug-likeness (QED) is 0.851. The molecule has 1 aliphatic rings. The van der Waals surface area contributed by atoms with Crippen molar-refractivity contribution in [2.24, 2.45) is 7.05 Å². The molecule has 2 N–H and O–H groups in total. The van der Waals surface area contributed by atoms with Crippen LogP contribution in [0, 0.1) is 6.92 Å². The standard InChI is InChI=1S/C15H22N6/c1-10-13(16-2)19-15(12-4-5-12)20-14(10)17-7-6-11-8-18-21(3)9-11/h8-9,12H,4-7H2,1-3H3,(H2,16,17,19,20). The first-order valence-electron chi connectivity index (χ1n) is 7.45. The van der Waals surface area contributed by atoms with Crippen molar-refractivity contribution in [2.45, 2.75) is 32.1 Å². The smallest absolute Gasteiger partial charge is 0.136 e. The zero-order valence-corrected chi connectivity index (χ0v) is 12.8. The molecule has 0 amide bonds. The summed E-state index contributed by atoms with van der Waals surface area (Å²) in [5.41, 5.74) is 2.31. The van der Waals surface area contributed by atoms with Crippen molar-refractivity contribution in [1.82, 2.24) is 19.7 Å². The third-order valence-electron chi connectivity index (χ3n) is 3.81. The van der Waals surface area contributed by atoms with Crippen LogP contribution in [0.4, 0.5) is 11.6 Å². The Labute approximate surface area is 125 Å². The molecule has 6 heteroatoms. The van der Waals surface area contributed by atoms with Gasteiger partial charge in [0.25, 0.3) is 0 Å². The molecule has 2 aromatic heterocycles. The van der Waals surface area contributed by atoms with Gasteiger partial charge < -0.3 is 10.6 Å². The molecule has 2 aromatic rings. The Kier molecular flexibility index (Phi) is 3.77. The number of hydrogen-bond acceptors (Lipinski definition) is 5. The minimum Gasteiger partial charge on any atom is -0.373 e. The van der Waals surface area contributed by atoms with E-state index in [2.05, 4.69) is 27.6 Å². The largest absolute Gasteiger partial charge is 0.373 e. The number of hydrogen-bond donors (Lipinski definition) is 2. The van der Waals surface area contributed by atoms with Crippen LogP contribution in [-0.2, 0) is 13.5 Å². The molecule has 1 aliphatic carbocycles. The summed E-state index contributed by atoms with van der Waals surface area (Å²) in [5, 5.41) is 10.8. The number of rotatable bonds is 6. The molecule has 0 spiro atoms. The lowest BCUT2D eigenvalue weighted by Gasteiger charge is -2.13. The van der Waals surface area contributed by atoms with Crippen LogP contribution in [0.25, 0.3) is 0 Å². The zero-order valence-electron chi connectivity index (χ0n) is 12.8. The van der Waals surface area contributed by atoms with Gasteiger partial charge in [0.15, 0.2) is 0 Å². The molecule has 0 bridgehead atoms. The van der Waals surface area contributed by atoms with Crippen molar-refractivity contribution in [3.8, 4) is 0 Å². The van der Waals surface area contributed by atoms with Crippen molar-refractivity contribution < 1.29 is 0 Å². The Hall–Kier alpha value is -2.11. The highest BCUT2D eigenvalue weighted by Crippen LogP contribution is 2.39. The molecule has 21 heavy (non-hydrogen) atoms. The minimum atomic E-state index is 0.552. The highest BCUT2D eigenvalue weighted by molar-refractivity contribution is 5.57. The molecule has 0 unspecified atom stereocenters. The lowest BCUT2D eigenvalue weighted by molar-refractivity contribution is 0.766. The van der Waals surface area contributed by atoms with Gasteiger partial charge in [0, 0.05) is 38.3 Å². The van der Waals surface area contributed by atoms with Crippen LogP contribution in [0.1, 0.15) is 35.7 Å². The van der Waals surface area contributed by atoms with Gasteiger partial charge in [-0.3, -0.25) is 4.68 Å². The lowest BCUT2D eigenvalue weighted by atomic mass is 10.2. The third-order valence-corrected chi connectivity index (χ3v) is 3.81. The summed E-state index contributed by atoms with van der Waals surface area (Å²) in [6.07, 6.45) is 7.31. The Morgan fingerprint density at radius 1 is 1.29 bits per heavy atom. The Morgan fingerprint density at radius 2 is 2.05 bits per heavy atom. The maximum absolute atomic E-state index is 4.70. The fourth-order valence-electron chi connectivity index (χ4n) is 2.40. The molecular weight excluding hydrogens is 264 g/mol. The van der Waals surface area contributed by atoms with Crippen LogP contribution >= 0.6 is 0 Å². The van der Waals surface area contributed by atoms with E-state index >= 15 is 0 Å². The predicted molar refractivity (Wildman–Crippen MR) is 83.7 cm³/mol. The van der Waals surface area contributed by atoms with Gasteiger partial charge in [-0.25, -0.2) is 9.97 Å². The summed E-state index contributed by atoms with van der Waals surface area (Å²) >= 11 is 0. The maximum Gasteiger partial charge on any atom is 0.136 e. The van der Waals surface area contributed by atoms with E-state index in [1.807, 2.05) is 31.2 Å². The van der Waals surface area contributed by atoms with Crippen LogP contribution in [0.2, 0.25) is 0 Å². The van der Waals surface area contributed by atoms with E-state index in [0.717, 1.165) is 36.0 Å². The van der Waals surface area contributed by atoms with Crippen molar-refractivity contribution in [2.75, 3.05) is 24.2 Å². The van der Waals surface area contributed by atoms with Crippen molar-refractivity contribution in [1.29, 1.82) is 0 Å². The van der Waals surface area contributed by atoms with Gasteiger partial charge in [-0.15, -0.1) is 0 Å². The first kappa shape index (κ1) is 13.9. The molecular formula is C15H22N6. The van der Waals surface area contributed by atoms with E-state index in [4.69, 9.17) is 4.98 Å². The van der Waals surface area contributed by atoms with E-state index in [1.54, 1.807) is 0 Å². The van der Waals surface area contributed by atoms with Crippen LogP contribution in [0.15, 0.2) is 12.4 Å². The first-order chi connectivity index (χ1) is 10.2. The molecule has 2 heterocycles. The molecule has 6 nitrogen and oxygen atoms in total. The maximum atomic E-state index is 4.70. The van der Waals surface area contributed by atoms with E-state index in [9.17, 15) is 0 Å². The summed E-state index contributed by atoms with van der Waals surface area (Å²) in [4.78, 5) is 9.30. The zero-order chi connectivity index (χ0) is 14.8. The highest BCUT2D eigenvalue weighted by atomic mass is 15.2. The van der Waals surface area contributed by atoms with Gasteiger partial charge >= 0.3 is 0 Å². The Morgan fingerprint density at radius 3 is 2.67 bits per heavy atom. The second-order valence-corrected chi connectivity index (χ2v) is 5.63. The molecule has 0 aliphatic heterocycles. The number of aryl methyl sites for hydroxylation is 1. The van der Waals surface area contributed by atoms with Gasteiger partial charge in [0.2, 0.25) is 0 Å². The molecule has 0 atom stereocenters. The minimum absolute atomic E-state index is 0.552. The average molecular weight is 286 g/mol. The van der Waals surface area contributed by atoms with Gasteiger partial charge in [-0.2, -0.15) is 5.10 Å². The van der Waals surface area contributed by atoms with Crippen LogP contribution in [-0.4, -0.2) is 33.3 Å². The summed E-state index contributed by atoms with van der Waals surface area (Å²) in [5.74, 6) is 3.39. The molecule has 0 radical (unpaired) electrons. The second-order valence-electron chi connectivity index (χ2n) is 5.63.